The lowest BCUT2D eigenvalue weighted by atomic mass is 9.66. The highest BCUT2D eigenvalue weighted by molar-refractivity contribution is 6.30. The third-order valence-corrected chi connectivity index (χ3v) is 9.90. The Morgan fingerprint density at radius 2 is 1.67 bits per heavy atom. The van der Waals surface area contributed by atoms with Crippen molar-refractivity contribution in [1.82, 2.24) is 15.5 Å². The summed E-state index contributed by atoms with van der Waals surface area (Å²) in [6.07, 6.45) is 8.95. The summed E-state index contributed by atoms with van der Waals surface area (Å²) in [7, 11) is 0. The summed E-state index contributed by atoms with van der Waals surface area (Å²) in [5, 5.41) is 7.06. The van der Waals surface area contributed by atoms with E-state index in [2.05, 4.69) is 22.8 Å². The fourth-order valence-electron chi connectivity index (χ4n) is 7.20. The molecule has 2 aromatic rings. The van der Waals surface area contributed by atoms with Crippen LogP contribution in [0.1, 0.15) is 75.0 Å². The molecule has 8 heteroatoms. The quantitative estimate of drug-likeness (QED) is 0.323. The summed E-state index contributed by atoms with van der Waals surface area (Å²) in [4.78, 5) is 42.9. The first kappa shape index (κ1) is 30.6. The topological polar surface area (TPSA) is 87.7 Å². The zero-order valence-corrected chi connectivity index (χ0v) is 25.5. The van der Waals surface area contributed by atoms with Crippen LogP contribution in [-0.4, -0.2) is 54.5 Å². The lowest BCUT2D eigenvalue weighted by molar-refractivity contribution is -0.165. The maximum atomic E-state index is 14.1. The molecule has 0 bridgehead atoms. The van der Waals surface area contributed by atoms with Crippen molar-refractivity contribution in [3.63, 3.8) is 0 Å². The molecule has 3 aliphatic rings. The highest BCUT2D eigenvalue weighted by Crippen LogP contribution is 2.46. The molecule has 2 amide bonds. The van der Waals surface area contributed by atoms with E-state index < -0.39 is 17.5 Å². The minimum Gasteiger partial charge on any atom is -0.466 e. The lowest BCUT2D eigenvalue weighted by Crippen LogP contribution is -2.58. The molecule has 0 spiro atoms. The van der Waals surface area contributed by atoms with E-state index in [9.17, 15) is 14.4 Å². The fraction of sp³-hybridized carbons (Fsp3) is 0.559. The van der Waals surface area contributed by atoms with Crippen molar-refractivity contribution >= 4 is 29.4 Å². The number of benzene rings is 2. The Labute approximate surface area is 254 Å². The Balaban J connectivity index is 1.31. The van der Waals surface area contributed by atoms with Crippen molar-refractivity contribution in [3.05, 3.63) is 70.2 Å². The van der Waals surface area contributed by atoms with E-state index in [4.69, 9.17) is 16.3 Å². The Morgan fingerprint density at radius 3 is 2.33 bits per heavy atom. The zero-order valence-electron chi connectivity index (χ0n) is 24.7. The van der Waals surface area contributed by atoms with Gasteiger partial charge in [-0.05, 0) is 73.8 Å². The molecule has 1 saturated heterocycles. The van der Waals surface area contributed by atoms with Gasteiger partial charge in [0.05, 0.1) is 18.1 Å². The maximum absolute atomic E-state index is 14.1. The van der Waals surface area contributed by atoms with Gasteiger partial charge in [0.2, 0.25) is 11.8 Å². The van der Waals surface area contributed by atoms with Gasteiger partial charge in [0.25, 0.3) is 0 Å². The highest BCUT2D eigenvalue weighted by Gasteiger charge is 2.49. The molecule has 2 fully saturated rings. The summed E-state index contributed by atoms with van der Waals surface area (Å²) in [5.41, 5.74) is 2.74. The number of halogens is 1. The standard InChI is InChI=1S/C34H44ClN3O4/c1-2-42-33(41)34(27-11-5-3-4-6-12-27)17-19-38(20-18-34)32(40)30(21-24-13-15-28(35)16-14-24)37-31(39)29-22-25-9-7-8-10-26(25)23-36-29/h7-10,13-16,27,29-30,36H,2-6,11-12,17-23H2,1H3,(H,37,39). The highest BCUT2D eigenvalue weighted by atomic mass is 35.5. The van der Waals surface area contributed by atoms with Crippen LogP contribution in [0.3, 0.4) is 0 Å². The van der Waals surface area contributed by atoms with Gasteiger partial charge in [-0.25, -0.2) is 0 Å². The van der Waals surface area contributed by atoms with E-state index in [0.717, 1.165) is 36.8 Å². The van der Waals surface area contributed by atoms with Gasteiger partial charge in [-0.1, -0.05) is 73.7 Å². The largest absolute Gasteiger partial charge is 0.466 e. The molecule has 2 N–H and O–H groups in total. The second kappa shape index (κ2) is 14.0. The van der Waals surface area contributed by atoms with Crippen LogP contribution in [0, 0.1) is 11.3 Å². The van der Waals surface area contributed by atoms with Crippen LogP contribution >= 0.6 is 11.6 Å². The van der Waals surface area contributed by atoms with E-state index >= 15 is 0 Å². The molecule has 2 aromatic carbocycles. The van der Waals surface area contributed by atoms with Crippen LogP contribution in [0.25, 0.3) is 0 Å². The summed E-state index contributed by atoms with van der Waals surface area (Å²) in [6, 6.07) is 14.4. The molecular formula is C34H44ClN3O4. The summed E-state index contributed by atoms with van der Waals surface area (Å²) in [5.74, 6) is -0.0826. The van der Waals surface area contributed by atoms with Crippen LogP contribution in [0.2, 0.25) is 5.02 Å². The monoisotopic (exact) mass is 593 g/mol. The van der Waals surface area contributed by atoms with E-state index in [1.54, 1.807) is 12.1 Å². The van der Waals surface area contributed by atoms with Gasteiger partial charge in [0, 0.05) is 31.1 Å². The molecule has 42 heavy (non-hydrogen) atoms. The molecule has 2 aliphatic heterocycles. The number of hydrogen-bond acceptors (Lipinski definition) is 5. The number of hydrogen-bond donors (Lipinski definition) is 2. The van der Waals surface area contributed by atoms with Crippen LogP contribution in [0.5, 0.6) is 0 Å². The molecule has 2 heterocycles. The summed E-state index contributed by atoms with van der Waals surface area (Å²) >= 11 is 6.12. The van der Waals surface area contributed by atoms with E-state index in [1.165, 1.54) is 18.4 Å². The molecule has 7 nitrogen and oxygen atoms in total. The van der Waals surface area contributed by atoms with E-state index in [0.29, 0.717) is 62.9 Å². The minimum atomic E-state index is -0.717. The van der Waals surface area contributed by atoms with Gasteiger partial charge in [0.15, 0.2) is 0 Å². The summed E-state index contributed by atoms with van der Waals surface area (Å²) in [6.45, 7) is 3.81. The van der Waals surface area contributed by atoms with Crippen molar-refractivity contribution in [1.29, 1.82) is 0 Å². The number of nitrogens with one attached hydrogen (secondary N) is 2. The van der Waals surface area contributed by atoms with Crippen LogP contribution < -0.4 is 10.6 Å². The predicted octanol–water partition coefficient (Wildman–Crippen LogP) is 5.22. The normalized spacial score (nSPS) is 21.5. The van der Waals surface area contributed by atoms with Gasteiger partial charge in [-0.2, -0.15) is 0 Å². The SMILES string of the molecule is CCOC(=O)C1(C2CCCCCC2)CCN(C(=O)C(Cc2ccc(Cl)cc2)NC(=O)C2Cc3ccccc3CN2)CC1. The van der Waals surface area contributed by atoms with Gasteiger partial charge < -0.3 is 20.3 Å². The first-order chi connectivity index (χ1) is 20.4. The number of fused-ring (bicyclic) bond motifs is 1. The van der Waals surface area contributed by atoms with Gasteiger partial charge in [-0.3, -0.25) is 14.4 Å². The Hall–Kier alpha value is -2.90. The second-order valence-corrected chi connectivity index (χ2v) is 12.6. The smallest absolute Gasteiger partial charge is 0.312 e. The number of likely N-dealkylation sites (tertiary alicyclic amines) is 1. The molecule has 226 valence electrons. The molecule has 0 aromatic heterocycles. The Kier molecular flexibility index (Phi) is 10.2. The number of rotatable bonds is 8. The lowest BCUT2D eigenvalue weighted by Gasteiger charge is -2.45. The molecule has 1 aliphatic carbocycles. The average molecular weight is 594 g/mol. The van der Waals surface area contributed by atoms with Gasteiger partial charge in [-0.15, -0.1) is 0 Å². The molecule has 5 rings (SSSR count). The van der Waals surface area contributed by atoms with E-state index in [1.807, 2.05) is 36.1 Å². The van der Waals surface area contributed by atoms with Crippen LogP contribution in [0.4, 0.5) is 0 Å². The first-order valence-corrected chi connectivity index (χ1v) is 16.1. The summed E-state index contributed by atoms with van der Waals surface area (Å²) < 4.78 is 5.64. The van der Waals surface area contributed by atoms with Crippen molar-refractivity contribution in [3.8, 4) is 0 Å². The number of nitrogens with zero attached hydrogens (tertiary/aromatic N) is 1. The minimum absolute atomic E-state index is 0.0985. The maximum Gasteiger partial charge on any atom is 0.312 e. The van der Waals surface area contributed by atoms with Gasteiger partial charge in [0.1, 0.15) is 6.04 Å². The molecule has 2 unspecified atom stereocenters. The number of carbonyl (C=O) groups excluding carboxylic acids is 3. The third-order valence-electron chi connectivity index (χ3n) is 9.65. The average Bonchev–Trinajstić information content (AvgIpc) is 3.31. The van der Waals surface area contributed by atoms with Crippen LogP contribution in [-0.2, 0) is 38.5 Å². The van der Waals surface area contributed by atoms with Crippen molar-refractivity contribution < 1.29 is 19.1 Å². The fourth-order valence-corrected chi connectivity index (χ4v) is 7.33. The van der Waals surface area contributed by atoms with E-state index in [-0.39, 0.29) is 17.8 Å². The Morgan fingerprint density at radius 1 is 1.00 bits per heavy atom. The number of carbonyl (C=O) groups is 3. The predicted molar refractivity (Wildman–Crippen MR) is 164 cm³/mol. The van der Waals surface area contributed by atoms with Crippen molar-refractivity contribution in [2.45, 2.75) is 89.8 Å². The van der Waals surface area contributed by atoms with Crippen molar-refractivity contribution in [2.24, 2.45) is 11.3 Å². The third kappa shape index (κ3) is 7.00. The number of amides is 2. The number of piperidine rings is 1. The van der Waals surface area contributed by atoms with Gasteiger partial charge >= 0.3 is 5.97 Å². The molecule has 0 radical (unpaired) electrons. The first-order valence-electron chi connectivity index (χ1n) is 15.7. The number of esters is 1. The Bertz CT molecular complexity index is 1230. The molecule has 2 atom stereocenters. The van der Waals surface area contributed by atoms with Crippen LogP contribution in [0.15, 0.2) is 48.5 Å². The second-order valence-electron chi connectivity index (χ2n) is 12.2. The molecular weight excluding hydrogens is 550 g/mol. The number of ether oxygens (including phenoxy) is 1. The molecule has 1 saturated carbocycles. The van der Waals surface area contributed by atoms with Crippen molar-refractivity contribution in [2.75, 3.05) is 19.7 Å². The zero-order chi connectivity index (χ0) is 29.5.